The summed E-state index contributed by atoms with van der Waals surface area (Å²) in [5.41, 5.74) is 0.608. The van der Waals surface area contributed by atoms with Crippen molar-refractivity contribution in [2.75, 3.05) is 41.4 Å². The molecule has 2 fully saturated rings. The van der Waals surface area contributed by atoms with Crippen LogP contribution in [0.2, 0.25) is 5.02 Å². The second-order valence-corrected chi connectivity index (χ2v) is 11.0. The predicted octanol–water partition coefficient (Wildman–Crippen LogP) is 5.98. The smallest absolute Gasteiger partial charge is 0.416 e. The maximum absolute atomic E-state index is 13.7. The molecule has 2 saturated heterocycles. The van der Waals surface area contributed by atoms with Crippen molar-refractivity contribution in [3.05, 3.63) is 59.4 Å². The molecule has 2 bridgehead atoms. The number of anilines is 3. The molecule has 5 heterocycles. The Bertz CT molecular complexity index is 1490. The van der Waals surface area contributed by atoms with Crippen LogP contribution in [0.3, 0.4) is 0 Å². The molecule has 1 aromatic carbocycles. The molecule has 0 spiro atoms. The topological polar surface area (TPSA) is 89.1 Å². The fraction of sp³-hybridized carbons (Fsp3) is 0.393. The lowest BCUT2D eigenvalue weighted by molar-refractivity contribution is -0.141. The second kappa shape index (κ2) is 10.3. The maximum atomic E-state index is 13.7. The first kappa shape index (κ1) is 27.6. The van der Waals surface area contributed by atoms with Crippen LogP contribution in [-0.2, 0) is 15.7 Å². The van der Waals surface area contributed by atoms with E-state index >= 15 is 0 Å². The van der Waals surface area contributed by atoms with Gasteiger partial charge >= 0.3 is 12.2 Å². The van der Waals surface area contributed by atoms with Crippen LogP contribution in [0.25, 0.3) is 11.3 Å². The molecule has 1 unspecified atom stereocenters. The van der Waals surface area contributed by atoms with Gasteiger partial charge in [-0.05, 0) is 38.5 Å². The van der Waals surface area contributed by atoms with Gasteiger partial charge in [0.05, 0.1) is 52.7 Å². The summed E-state index contributed by atoms with van der Waals surface area (Å²) in [4.78, 5) is 26.1. The Kier molecular flexibility index (Phi) is 6.95. The molecule has 2 aromatic heterocycles. The molecule has 3 aromatic rings. The van der Waals surface area contributed by atoms with Crippen molar-refractivity contribution >= 4 is 34.8 Å². The van der Waals surface area contributed by atoms with Crippen molar-refractivity contribution < 1.29 is 32.2 Å². The molecule has 6 rings (SSSR count). The summed E-state index contributed by atoms with van der Waals surface area (Å²) >= 11 is 6.54. The average Bonchev–Trinajstić information content (AvgIpc) is 3.50. The third-order valence-electron chi connectivity index (χ3n) is 7.18. The highest BCUT2D eigenvalue weighted by Crippen LogP contribution is 2.44. The number of aromatic nitrogens is 2. The minimum atomic E-state index is -4.52. The van der Waals surface area contributed by atoms with Gasteiger partial charge in [-0.25, -0.2) is 9.78 Å². The van der Waals surface area contributed by atoms with E-state index in [0.29, 0.717) is 49.1 Å². The van der Waals surface area contributed by atoms with Crippen molar-refractivity contribution in [3.63, 3.8) is 0 Å². The first-order valence-electron chi connectivity index (χ1n) is 13.1. The van der Waals surface area contributed by atoms with Gasteiger partial charge < -0.3 is 24.4 Å². The van der Waals surface area contributed by atoms with E-state index in [0.717, 1.165) is 12.1 Å². The van der Waals surface area contributed by atoms with Gasteiger partial charge in [0.1, 0.15) is 18.5 Å². The van der Waals surface area contributed by atoms with Crippen molar-refractivity contribution in [2.24, 2.45) is 0 Å². The van der Waals surface area contributed by atoms with E-state index in [-0.39, 0.29) is 35.0 Å². The molecule has 13 heteroatoms. The van der Waals surface area contributed by atoms with Crippen molar-refractivity contribution in [1.82, 2.24) is 9.97 Å². The van der Waals surface area contributed by atoms with Gasteiger partial charge in [0, 0.05) is 24.7 Å². The first-order valence-corrected chi connectivity index (χ1v) is 13.5. The van der Waals surface area contributed by atoms with E-state index in [4.69, 9.17) is 25.8 Å². The van der Waals surface area contributed by atoms with E-state index in [1.807, 2.05) is 13.8 Å². The van der Waals surface area contributed by atoms with Crippen molar-refractivity contribution in [1.29, 1.82) is 0 Å². The number of fused-ring (bicyclic) bond motifs is 4. The van der Waals surface area contributed by atoms with Crippen LogP contribution in [0, 0.1) is 0 Å². The van der Waals surface area contributed by atoms with Crippen LogP contribution in [0.15, 0.2) is 48.8 Å². The van der Waals surface area contributed by atoms with Crippen molar-refractivity contribution in [3.8, 4) is 17.0 Å². The monoisotopic (exact) mass is 589 g/mol. The van der Waals surface area contributed by atoms with E-state index in [1.165, 1.54) is 24.5 Å². The number of amides is 2. The zero-order chi connectivity index (χ0) is 28.9. The standard InChI is InChI=1S/C28H27ClF3N5O4/c1-27(2)40-15-21(41-27)14-39-20-9-18(11-33-12-20)34-26(38)37-19-6-7-36(13-19)23-10-22(29)24(35-25(23)37)16-4-3-5-17(8-16)28(30,31)32/h3-5,8-12,19,21H,6-7,13-15H2,1-2H3,(H,34,38)/t19?,21-/m1/s1. The molecule has 2 atom stereocenters. The lowest BCUT2D eigenvalue weighted by atomic mass is 10.1. The van der Waals surface area contributed by atoms with Gasteiger partial charge in [-0.15, -0.1) is 0 Å². The number of pyridine rings is 2. The maximum Gasteiger partial charge on any atom is 0.416 e. The number of carbonyl (C=O) groups is 1. The van der Waals surface area contributed by atoms with Crippen LogP contribution < -0.4 is 19.9 Å². The molecule has 1 N–H and O–H groups in total. The summed E-state index contributed by atoms with van der Waals surface area (Å²) in [6, 6.07) is 7.50. The van der Waals surface area contributed by atoms with Gasteiger partial charge in [-0.1, -0.05) is 23.7 Å². The van der Waals surface area contributed by atoms with Crippen LogP contribution in [0.4, 0.5) is 35.2 Å². The molecular weight excluding hydrogens is 563 g/mol. The minimum absolute atomic E-state index is 0.162. The Labute approximate surface area is 239 Å². The Morgan fingerprint density at radius 1 is 1.24 bits per heavy atom. The fourth-order valence-electron chi connectivity index (χ4n) is 5.32. The highest BCUT2D eigenvalue weighted by molar-refractivity contribution is 6.33. The van der Waals surface area contributed by atoms with Gasteiger partial charge in [0.25, 0.3) is 0 Å². The Morgan fingerprint density at radius 3 is 2.83 bits per heavy atom. The molecule has 216 valence electrons. The number of carbonyl (C=O) groups excluding carboxylic acids is 1. The number of alkyl halides is 3. The van der Waals surface area contributed by atoms with E-state index < -0.39 is 23.6 Å². The number of hydrogen-bond donors (Lipinski definition) is 1. The predicted molar refractivity (Wildman–Crippen MR) is 146 cm³/mol. The van der Waals surface area contributed by atoms with Crippen LogP contribution in [0.1, 0.15) is 25.8 Å². The molecule has 0 saturated carbocycles. The van der Waals surface area contributed by atoms with Gasteiger partial charge in [0.2, 0.25) is 0 Å². The number of halogens is 4. The zero-order valence-electron chi connectivity index (χ0n) is 22.2. The number of nitrogens with one attached hydrogen (secondary N) is 1. The van der Waals surface area contributed by atoms with Crippen LogP contribution in [-0.4, -0.2) is 60.2 Å². The Hall–Kier alpha value is -3.61. The molecule has 0 aliphatic carbocycles. The quantitative estimate of drug-likeness (QED) is 0.392. The molecule has 3 aliphatic rings. The zero-order valence-corrected chi connectivity index (χ0v) is 23.0. The molecule has 41 heavy (non-hydrogen) atoms. The molecule has 2 amide bonds. The molecular formula is C28H27ClF3N5O4. The number of ether oxygens (including phenoxy) is 3. The van der Waals surface area contributed by atoms with Gasteiger partial charge in [-0.3, -0.25) is 9.88 Å². The van der Waals surface area contributed by atoms with Gasteiger partial charge in [0.15, 0.2) is 11.6 Å². The molecule has 3 aliphatic heterocycles. The Morgan fingerprint density at radius 2 is 2.07 bits per heavy atom. The van der Waals surface area contributed by atoms with Crippen LogP contribution in [0.5, 0.6) is 5.75 Å². The van der Waals surface area contributed by atoms with Crippen LogP contribution >= 0.6 is 11.6 Å². The van der Waals surface area contributed by atoms with E-state index in [9.17, 15) is 18.0 Å². The SMILES string of the molecule is CC1(C)OC[C@@H](COc2cncc(NC(=O)N3c4nc(-c5cccc(C(F)(F)F)c5)c(Cl)cc4N4CCC3C4)c2)O1. The van der Waals surface area contributed by atoms with Crippen molar-refractivity contribution in [2.45, 2.75) is 44.4 Å². The second-order valence-electron chi connectivity index (χ2n) is 10.6. The summed E-state index contributed by atoms with van der Waals surface area (Å²) in [6.07, 6.45) is -1.03. The molecule has 0 radical (unpaired) electrons. The number of hydrogen-bond acceptors (Lipinski definition) is 7. The lowest BCUT2D eigenvalue weighted by Gasteiger charge is -2.36. The minimum Gasteiger partial charge on any atom is -0.489 e. The summed E-state index contributed by atoms with van der Waals surface area (Å²) in [7, 11) is 0. The number of benzene rings is 1. The largest absolute Gasteiger partial charge is 0.489 e. The molecule has 9 nitrogen and oxygen atoms in total. The first-order chi connectivity index (χ1) is 19.5. The van der Waals surface area contributed by atoms with E-state index in [1.54, 1.807) is 17.0 Å². The Balaban J connectivity index is 1.25. The van der Waals surface area contributed by atoms with E-state index in [2.05, 4.69) is 20.2 Å². The number of rotatable bonds is 5. The lowest BCUT2D eigenvalue weighted by Crippen LogP contribution is -2.48. The summed E-state index contributed by atoms with van der Waals surface area (Å²) in [6.45, 7) is 5.60. The number of urea groups is 1. The third kappa shape index (κ3) is 5.64. The average molecular weight is 590 g/mol. The number of nitrogens with zero attached hydrogens (tertiary/aromatic N) is 4. The third-order valence-corrected chi connectivity index (χ3v) is 7.47. The summed E-state index contributed by atoms with van der Waals surface area (Å²) in [5, 5.41) is 3.07. The normalized spacial score (nSPS) is 21.1. The summed E-state index contributed by atoms with van der Waals surface area (Å²) < 4.78 is 57.3. The fourth-order valence-corrected chi connectivity index (χ4v) is 5.57. The highest BCUT2D eigenvalue weighted by atomic mass is 35.5. The highest BCUT2D eigenvalue weighted by Gasteiger charge is 2.41. The summed E-state index contributed by atoms with van der Waals surface area (Å²) in [5.74, 6) is 0.107. The van der Waals surface area contributed by atoms with Gasteiger partial charge in [-0.2, -0.15) is 13.2 Å².